The minimum absolute atomic E-state index is 0.0483. The van der Waals surface area contributed by atoms with E-state index in [1.54, 1.807) is 12.1 Å². The summed E-state index contributed by atoms with van der Waals surface area (Å²) in [5, 5.41) is 8.59. The average molecular weight is 301 g/mol. The van der Waals surface area contributed by atoms with Crippen LogP contribution < -0.4 is 9.46 Å². The molecule has 0 amide bonds. The van der Waals surface area contributed by atoms with Crippen molar-refractivity contribution in [3.05, 3.63) is 24.3 Å². The summed E-state index contributed by atoms with van der Waals surface area (Å²) in [6.07, 6.45) is 0. The van der Waals surface area contributed by atoms with E-state index < -0.39 is 22.6 Å². The number of carboxylic acids is 1. The molecule has 7 heteroatoms. The van der Waals surface area contributed by atoms with Gasteiger partial charge in [0.05, 0.1) is 11.4 Å². The molecule has 6 nitrogen and oxygen atoms in total. The maximum Gasteiger partial charge on any atom is 0.341 e. The van der Waals surface area contributed by atoms with Gasteiger partial charge in [0.1, 0.15) is 5.75 Å². The normalized spacial score (nSPS) is 11.9. The molecule has 20 heavy (non-hydrogen) atoms. The lowest BCUT2D eigenvalue weighted by molar-refractivity contribution is -0.139. The zero-order valence-corrected chi connectivity index (χ0v) is 12.5. The Morgan fingerprint density at radius 2 is 1.90 bits per heavy atom. The number of carboxylic acid groups (broad SMARTS) is 1. The smallest absolute Gasteiger partial charge is 0.341 e. The summed E-state index contributed by atoms with van der Waals surface area (Å²) >= 11 is 0. The highest BCUT2D eigenvalue weighted by Gasteiger charge is 2.22. The molecule has 1 aromatic carbocycles. The molecule has 0 bridgehead atoms. The minimum atomic E-state index is -3.53. The van der Waals surface area contributed by atoms with Crippen molar-refractivity contribution in [2.45, 2.75) is 20.8 Å². The van der Waals surface area contributed by atoms with Crippen LogP contribution in [-0.4, -0.2) is 31.9 Å². The highest BCUT2D eigenvalue weighted by molar-refractivity contribution is 7.92. The van der Waals surface area contributed by atoms with Crippen LogP contribution in [0.15, 0.2) is 24.3 Å². The lowest BCUT2D eigenvalue weighted by Gasteiger charge is -2.19. The number of sulfonamides is 1. The SMILES string of the molecule is CC(C)(C)CS(=O)(=O)Nc1ccccc1OCC(=O)O. The molecule has 0 radical (unpaired) electrons. The summed E-state index contributed by atoms with van der Waals surface area (Å²) in [4.78, 5) is 10.5. The first-order chi connectivity index (χ1) is 9.09. The molecule has 0 spiro atoms. The number of rotatable bonds is 6. The van der Waals surface area contributed by atoms with Crippen molar-refractivity contribution in [2.24, 2.45) is 5.41 Å². The summed E-state index contributed by atoms with van der Waals surface area (Å²) in [6, 6.07) is 6.32. The topological polar surface area (TPSA) is 92.7 Å². The van der Waals surface area contributed by atoms with E-state index in [0.29, 0.717) is 0 Å². The van der Waals surface area contributed by atoms with Gasteiger partial charge in [-0.15, -0.1) is 0 Å². The first-order valence-corrected chi connectivity index (χ1v) is 7.68. The molecular formula is C13H19NO5S. The summed E-state index contributed by atoms with van der Waals surface area (Å²) in [5.41, 5.74) is -0.152. The van der Waals surface area contributed by atoms with E-state index in [4.69, 9.17) is 9.84 Å². The Labute approximate surface area is 118 Å². The van der Waals surface area contributed by atoms with Crippen LogP contribution in [0.2, 0.25) is 0 Å². The summed E-state index contributed by atoms with van der Waals surface area (Å²) in [7, 11) is -3.53. The quantitative estimate of drug-likeness (QED) is 0.837. The van der Waals surface area contributed by atoms with Crippen molar-refractivity contribution in [3.8, 4) is 5.75 Å². The van der Waals surface area contributed by atoms with E-state index in [-0.39, 0.29) is 22.6 Å². The largest absolute Gasteiger partial charge is 0.480 e. The molecule has 2 N–H and O–H groups in total. The summed E-state index contributed by atoms with van der Waals surface area (Å²) in [5.74, 6) is -0.988. The second-order valence-electron chi connectivity index (χ2n) is 5.60. The van der Waals surface area contributed by atoms with Gasteiger partial charge in [0.2, 0.25) is 10.0 Å². The summed E-state index contributed by atoms with van der Waals surface area (Å²) < 4.78 is 31.5. The third kappa shape index (κ3) is 5.92. The van der Waals surface area contributed by atoms with E-state index >= 15 is 0 Å². The Bertz CT molecular complexity index is 575. The maximum absolute atomic E-state index is 12.0. The lowest BCUT2D eigenvalue weighted by atomic mass is 10.0. The van der Waals surface area contributed by atoms with E-state index in [0.717, 1.165) is 0 Å². The third-order valence-corrected chi connectivity index (χ3v) is 3.90. The molecule has 0 atom stereocenters. The predicted molar refractivity (Wildman–Crippen MR) is 76.4 cm³/mol. The fourth-order valence-corrected chi connectivity index (χ4v) is 3.31. The Balaban J connectivity index is 2.89. The Hall–Kier alpha value is -1.76. The Kier molecular flexibility index (Phi) is 4.99. The zero-order valence-electron chi connectivity index (χ0n) is 11.7. The van der Waals surface area contributed by atoms with Gasteiger partial charge in [-0.2, -0.15) is 0 Å². The zero-order chi connectivity index (χ0) is 15.4. The first-order valence-electron chi connectivity index (χ1n) is 6.03. The van der Waals surface area contributed by atoms with Crippen molar-refractivity contribution < 1.29 is 23.1 Å². The van der Waals surface area contributed by atoms with Crippen molar-refractivity contribution in [2.75, 3.05) is 17.1 Å². The molecule has 0 aromatic heterocycles. The van der Waals surface area contributed by atoms with Gasteiger partial charge >= 0.3 is 5.97 Å². The fourth-order valence-electron chi connectivity index (χ4n) is 1.59. The monoisotopic (exact) mass is 301 g/mol. The van der Waals surface area contributed by atoms with Crippen molar-refractivity contribution >= 4 is 21.7 Å². The number of anilines is 1. The van der Waals surface area contributed by atoms with Crippen molar-refractivity contribution in [1.29, 1.82) is 0 Å². The highest BCUT2D eigenvalue weighted by Crippen LogP contribution is 2.26. The number of nitrogens with one attached hydrogen (secondary N) is 1. The van der Waals surface area contributed by atoms with Gasteiger partial charge in [-0.25, -0.2) is 13.2 Å². The number of hydrogen-bond acceptors (Lipinski definition) is 4. The molecule has 0 saturated carbocycles. The molecule has 112 valence electrons. The Morgan fingerprint density at radius 3 is 2.45 bits per heavy atom. The molecule has 0 aliphatic rings. The number of aliphatic carboxylic acids is 1. The van der Waals surface area contributed by atoms with Crippen LogP contribution in [0.1, 0.15) is 20.8 Å². The van der Waals surface area contributed by atoms with Gasteiger partial charge in [0.25, 0.3) is 0 Å². The van der Waals surface area contributed by atoms with Crippen LogP contribution in [0.3, 0.4) is 0 Å². The van der Waals surface area contributed by atoms with Crippen LogP contribution in [0, 0.1) is 5.41 Å². The summed E-state index contributed by atoms with van der Waals surface area (Å²) in [6.45, 7) is 4.93. The molecule has 0 aliphatic carbocycles. The number of benzene rings is 1. The van der Waals surface area contributed by atoms with Gasteiger partial charge in [-0.05, 0) is 17.5 Å². The lowest BCUT2D eigenvalue weighted by Crippen LogP contribution is -2.26. The van der Waals surface area contributed by atoms with Crippen molar-refractivity contribution in [1.82, 2.24) is 0 Å². The standard InChI is InChI=1S/C13H19NO5S/c1-13(2,3)9-20(17,18)14-10-6-4-5-7-11(10)19-8-12(15)16/h4-7,14H,8-9H2,1-3H3,(H,15,16). The van der Waals surface area contributed by atoms with Crippen LogP contribution >= 0.6 is 0 Å². The molecule has 0 unspecified atom stereocenters. The van der Waals surface area contributed by atoms with Crippen LogP contribution in [0.25, 0.3) is 0 Å². The second kappa shape index (κ2) is 6.13. The van der Waals surface area contributed by atoms with E-state index in [1.165, 1.54) is 12.1 Å². The van der Waals surface area contributed by atoms with Gasteiger partial charge in [0, 0.05) is 0 Å². The molecule has 1 rings (SSSR count). The third-order valence-electron chi connectivity index (χ3n) is 2.13. The number of ether oxygens (including phenoxy) is 1. The maximum atomic E-state index is 12.0. The molecule has 0 aliphatic heterocycles. The molecule has 0 saturated heterocycles. The van der Waals surface area contributed by atoms with Gasteiger partial charge < -0.3 is 9.84 Å². The molecule has 0 heterocycles. The second-order valence-corrected chi connectivity index (χ2v) is 7.32. The van der Waals surface area contributed by atoms with Crippen LogP contribution in [0.5, 0.6) is 5.75 Å². The Morgan fingerprint density at radius 1 is 1.30 bits per heavy atom. The van der Waals surface area contributed by atoms with Crippen molar-refractivity contribution in [3.63, 3.8) is 0 Å². The predicted octanol–water partition coefficient (Wildman–Crippen LogP) is 1.94. The van der Waals surface area contributed by atoms with E-state index in [9.17, 15) is 13.2 Å². The van der Waals surface area contributed by atoms with E-state index in [2.05, 4.69) is 4.72 Å². The van der Waals surface area contributed by atoms with E-state index in [1.807, 2.05) is 20.8 Å². The molecular weight excluding hydrogens is 282 g/mol. The number of para-hydroxylation sites is 2. The fraction of sp³-hybridized carbons (Fsp3) is 0.462. The van der Waals surface area contributed by atoms with Gasteiger partial charge in [-0.1, -0.05) is 32.9 Å². The molecule has 1 aromatic rings. The molecule has 0 fully saturated rings. The number of carbonyl (C=O) groups is 1. The highest BCUT2D eigenvalue weighted by atomic mass is 32.2. The first kappa shape index (κ1) is 16.3. The number of hydrogen-bond donors (Lipinski definition) is 2. The van der Waals surface area contributed by atoms with Gasteiger partial charge in [-0.3, -0.25) is 4.72 Å². The van der Waals surface area contributed by atoms with Crippen LogP contribution in [-0.2, 0) is 14.8 Å². The average Bonchev–Trinajstić information content (AvgIpc) is 2.23. The minimum Gasteiger partial charge on any atom is -0.480 e. The van der Waals surface area contributed by atoms with Crippen LogP contribution in [0.4, 0.5) is 5.69 Å². The van der Waals surface area contributed by atoms with Gasteiger partial charge in [0.15, 0.2) is 6.61 Å².